The summed E-state index contributed by atoms with van der Waals surface area (Å²) in [5, 5.41) is 4.81. The highest BCUT2D eigenvalue weighted by Crippen LogP contribution is 2.31. The number of hydrogen-bond donors (Lipinski definition) is 2. The zero-order valence-corrected chi connectivity index (χ0v) is 10.6. The van der Waals surface area contributed by atoms with Gasteiger partial charge in [0.1, 0.15) is 0 Å². The van der Waals surface area contributed by atoms with Gasteiger partial charge >= 0.3 is 0 Å². The molecule has 0 aliphatic heterocycles. The van der Waals surface area contributed by atoms with Crippen LogP contribution in [0, 0.1) is 13.8 Å². The maximum absolute atomic E-state index is 6.10. The lowest BCUT2D eigenvalue weighted by Crippen LogP contribution is -1.94. The minimum atomic E-state index is 0.791. The number of benzene rings is 3. The predicted octanol–water partition coefficient (Wildman–Crippen LogP) is 3.77. The summed E-state index contributed by atoms with van der Waals surface area (Å²) in [5.41, 5.74) is 15.9. The van der Waals surface area contributed by atoms with Gasteiger partial charge in [0.05, 0.1) is 0 Å². The lowest BCUT2D eigenvalue weighted by molar-refractivity contribution is 1.43. The first-order valence-corrected chi connectivity index (χ1v) is 6.05. The normalized spacial score (nSPS) is 11.2. The smallest absolute Gasteiger partial charge is 0.0379 e. The van der Waals surface area contributed by atoms with Gasteiger partial charge in [-0.25, -0.2) is 0 Å². The predicted molar refractivity (Wildman–Crippen MR) is 79.8 cm³/mol. The SMILES string of the molecule is Cc1cc2cc3ccc(N)cc3cc2c(C)c1N. The average molecular weight is 236 g/mol. The minimum absolute atomic E-state index is 0.791. The third-order valence-electron chi connectivity index (χ3n) is 3.64. The van der Waals surface area contributed by atoms with E-state index >= 15 is 0 Å². The van der Waals surface area contributed by atoms with Gasteiger partial charge in [-0.05, 0) is 76.9 Å². The molecule has 0 aliphatic carbocycles. The van der Waals surface area contributed by atoms with E-state index < -0.39 is 0 Å². The van der Waals surface area contributed by atoms with E-state index in [2.05, 4.69) is 38.1 Å². The van der Waals surface area contributed by atoms with Crippen molar-refractivity contribution in [2.75, 3.05) is 11.5 Å². The van der Waals surface area contributed by atoms with Crippen LogP contribution in [0.25, 0.3) is 21.5 Å². The van der Waals surface area contributed by atoms with E-state index in [1.54, 1.807) is 0 Å². The van der Waals surface area contributed by atoms with Crippen molar-refractivity contribution in [1.82, 2.24) is 0 Å². The molecule has 0 fully saturated rings. The topological polar surface area (TPSA) is 52.0 Å². The number of fused-ring (bicyclic) bond motifs is 2. The van der Waals surface area contributed by atoms with Crippen LogP contribution >= 0.6 is 0 Å². The monoisotopic (exact) mass is 236 g/mol. The first-order valence-electron chi connectivity index (χ1n) is 6.05. The van der Waals surface area contributed by atoms with E-state index in [0.29, 0.717) is 0 Å². The summed E-state index contributed by atoms with van der Waals surface area (Å²) in [7, 11) is 0. The van der Waals surface area contributed by atoms with Gasteiger partial charge in [0.25, 0.3) is 0 Å². The van der Waals surface area contributed by atoms with Crippen LogP contribution in [0.15, 0.2) is 36.4 Å². The molecule has 2 nitrogen and oxygen atoms in total. The number of hydrogen-bond acceptors (Lipinski definition) is 2. The second-order valence-corrected chi connectivity index (χ2v) is 4.91. The van der Waals surface area contributed by atoms with Crippen molar-refractivity contribution in [3.8, 4) is 0 Å². The fourth-order valence-corrected chi connectivity index (χ4v) is 2.53. The summed E-state index contributed by atoms with van der Waals surface area (Å²) in [6.45, 7) is 4.12. The van der Waals surface area contributed by atoms with Gasteiger partial charge in [-0.3, -0.25) is 0 Å². The molecule has 0 heterocycles. The molecule has 3 aromatic rings. The van der Waals surface area contributed by atoms with Crippen LogP contribution in [-0.4, -0.2) is 0 Å². The Kier molecular flexibility index (Phi) is 2.20. The average Bonchev–Trinajstić information content (AvgIpc) is 2.35. The van der Waals surface area contributed by atoms with E-state index in [0.717, 1.165) is 27.9 Å². The zero-order chi connectivity index (χ0) is 12.9. The van der Waals surface area contributed by atoms with E-state index in [4.69, 9.17) is 11.5 Å². The van der Waals surface area contributed by atoms with Crippen LogP contribution in [0.1, 0.15) is 11.1 Å². The quantitative estimate of drug-likeness (QED) is 0.461. The molecule has 4 N–H and O–H groups in total. The Morgan fingerprint density at radius 3 is 2.33 bits per heavy atom. The highest BCUT2D eigenvalue weighted by atomic mass is 14.6. The van der Waals surface area contributed by atoms with Crippen LogP contribution in [0.5, 0.6) is 0 Å². The Labute approximate surface area is 106 Å². The zero-order valence-electron chi connectivity index (χ0n) is 10.6. The molecule has 0 spiro atoms. The first-order chi connectivity index (χ1) is 8.56. The second kappa shape index (κ2) is 3.64. The van der Waals surface area contributed by atoms with Crippen molar-refractivity contribution in [3.05, 3.63) is 47.5 Å². The lowest BCUT2D eigenvalue weighted by Gasteiger charge is -2.11. The van der Waals surface area contributed by atoms with Crippen LogP contribution in [0.4, 0.5) is 11.4 Å². The lowest BCUT2D eigenvalue weighted by atomic mass is 9.96. The molecule has 90 valence electrons. The first kappa shape index (κ1) is 10.9. The van der Waals surface area contributed by atoms with Gasteiger partial charge < -0.3 is 11.5 Å². The van der Waals surface area contributed by atoms with Gasteiger partial charge in [0.15, 0.2) is 0 Å². The third kappa shape index (κ3) is 1.50. The van der Waals surface area contributed by atoms with Crippen molar-refractivity contribution >= 4 is 32.9 Å². The maximum Gasteiger partial charge on any atom is 0.0379 e. The Bertz CT molecular complexity index is 773. The van der Waals surface area contributed by atoms with E-state index in [1.165, 1.54) is 16.2 Å². The molecule has 0 amide bonds. The third-order valence-corrected chi connectivity index (χ3v) is 3.64. The Hall–Kier alpha value is -2.22. The van der Waals surface area contributed by atoms with Crippen LogP contribution < -0.4 is 11.5 Å². The second-order valence-electron chi connectivity index (χ2n) is 4.91. The summed E-state index contributed by atoms with van der Waals surface area (Å²) in [6.07, 6.45) is 0. The summed E-state index contributed by atoms with van der Waals surface area (Å²) >= 11 is 0. The number of rotatable bonds is 0. The summed E-state index contributed by atoms with van der Waals surface area (Å²) in [5.74, 6) is 0. The molecule has 0 aliphatic rings. The maximum atomic E-state index is 6.10. The molecule has 0 aromatic heterocycles. The van der Waals surface area contributed by atoms with Gasteiger partial charge in [-0.15, -0.1) is 0 Å². The molecule has 3 rings (SSSR count). The molecular formula is C16H16N2. The van der Waals surface area contributed by atoms with Crippen LogP contribution in [0.3, 0.4) is 0 Å². The minimum Gasteiger partial charge on any atom is -0.399 e. The fraction of sp³-hybridized carbons (Fsp3) is 0.125. The number of aryl methyl sites for hydroxylation is 2. The molecule has 0 radical (unpaired) electrons. The Balaban J connectivity index is 2.49. The highest BCUT2D eigenvalue weighted by molar-refractivity contribution is 6.02. The van der Waals surface area contributed by atoms with Crippen molar-refractivity contribution in [2.45, 2.75) is 13.8 Å². The Morgan fingerprint density at radius 2 is 1.56 bits per heavy atom. The molecule has 0 bridgehead atoms. The summed E-state index contributed by atoms with van der Waals surface area (Å²) in [6, 6.07) is 12.5. The van der Waals surface area contributed by atoms with Crippen LogP contribution in [0.2, 0.25) is 0 Å². The molecule has 0 saturated carbocycles. The van der Waals surface area contributed by atoms with Crippen LogP contribution in [-0.2, 0) is 0 Å². The Morgan fingerprint density at radius 1 is 0.778 bits per heavy atom. The molecule has 0 saturated heterocycles. The summed E-state index contributed by atoms with van der Waals surface area (Å²) in [4.78, 5) is 0. The van der Waals surface area contributed by atoms with Gasteiger partial charge in [0, 0.05) is 11.4 Å². The summed E-state index contributed by atoms with van der Waals surface area (Å²) < 4.78 is 0. The molecule has 18 heavy (non-hydrogen) atoms. The van der Waals surface area contributed by atoms with Gasteiger partial charge in [-0.2, -0.15) is 0 Å². The van der Waals surface area contributed by atoms with Crippen molar-refractivity contribution in [3.63, 3.8) is 0 Å². The highest BCUT2D eigenvalue weighted by Gasteiger charge is 2.06. The number of anilines is 2. The number of nitrogen functional groups attached to an aromatic ring is 2. The van der Waals surface area contributed by atoms with Crippen molar-refractivity contribution < 1.29 is 0 Å². The van der Waals surface area contributed by atoms with E-state index in [-0.39, 0.29) is 0 Å². The largest absolute Gasteiger partial charge is 0.399 e. The van der Waals surface area contributed by atoms with Crippen molar-refractivity contribution in [1.29, 1.82) is 0 Å². The van der Waals surface area contributed by atoms with E-state index in [1.807, 2.05) is 12.1 Å². The number of nitrogens with two attached hydrogens (primary N) is 2. The molecule has 3 aromatic carbocycles. The molecule has 2 heteroatoms. The van der Waals surface area contributed by atoms with Gasteiger partial charge in [0.2, 0.25) is 0 Å². The molecule has 0 unspecified atom stereocenters. The molecular weight excluding hydrogens is 220 g/mol. The van der Waals surface area contributed by atoms with Gasteiger partial charge in [-0.1, -0.05) is 6.07 Å². The van der Waals surface area contributed by atoms with Crippen molar-refractivity contribution in [2.24, 2.45) is 0 Å². The standard InChI is InChI=1S/C16H16N2/c1-9-5-13-6-11-3-4-14(17)7-12(11)8-15(13)10(2)16(9)18/h3-8H,17-18H2,1-2H3. The molecule has 0 atom stereocenters. The van der Waals surface area contributed by atoms with E-state index in [9.17, 15) is 0 Å². The fourth-order valence-electron chi connectivity index (χ4n) is 2.53.